The molecule has 1 aromatic rings. The van der Waals surface area contributed by atoms with Crippen molar-refractivity contribution < 1.29 is 9.59 Å². The van der Waals surface area contributed by atoms with Crippen LogP contribution in [-0.4, -0.2) is 47.8 Å². The number of halogens is 1. The van der Waals surface area contributed by atoms with Crippen molar-refractivity contribution in [1.82, 2.24) is 9.80 Å². The summed E-state index contributed by atoms with van der Waals surface area (Å²) < 4.78 is 1.03. The van der Waals surface area contributed by atoms with Crippen molar-refractivity contribution in [2.45, 2.75) is 25.2 Å². The average Bonchev–Trinajstić information content (AvgIpc) is 3.29. The van der Waals surface area contributed by atoms with Crippen LogP contribution in [0.2, 0.25) is 0 Å². The van der Waals surface area contributed by atoms with E-state index in [1.807, 2.05) is 34.1 Å². The van der Waals surface area contributed by atoms with Gasteiger partial charge in [0.1, 0.15) is 0 Å². The van der Waals surface area contributed by atoms with Crippen LogP contribution in [0.15, 0.2) is 28.7 Å². The van der Waals surface area contributed by atoms with Crippen molar-refractivity contribution in [3.8, 4) is 0 Å². The van der Waals surface area contributed by atoms with E-state index in [-0.39, 0.29) is 17.2 Å². The molecule has 1 heterocycles. The third-order valence-corrected chi connectivity index (χ3v) is 5.10. The first-order valence-electron chi connectivity index (χ1n) is 7.34. The van der Waals surface area contributed by atoms with Gasteiger partial charge >= 0.3 is 0 Å². The Hall–Kier alpha value is -1.36. The molecule has 0 spiro atoms. The fourth-order valence-corrected chi connectivity index (χ4v) is 3.31. The van der Waals surface area contributed by atoms with E-state index in [9.17, 15) is 9.59 Å². The Morgan fingerprint density at radius 2 is 1.52 bits per heavy atom. The van der Waals surface area contributed by atoms with Gasteiger partial charge in [-0.2, -0.15) is 0 Å². The zero-order valence-corrected chi connectivity index (χ0v) is 13.7. The summed E-state index contributed by atoms with van der Waals surface area (Å²) in [5, 5.41) is 0. The van der Waals surface area contributed by atoms with E-state index >= 15 is 0 Å². The number of carbonyl (C=O) groups is 2. The summed E-state index contributed by atoms with van der Waals surface area (Å²) in [4.78, 5) is 27.9. The van der Waals surface area contributed by atoms with Crippen LogP contribution in [0.25, 0.3) is 0 Å². The van der Waals surface area contributed by atoms with E-state index < -0.39 is 0 Å². The number of piperazine rings is 1. The van der Waals surface area contributed by atoms with E-state index in [1.54, 1.807) is 6.92 Å². The number of rotatable bonds is 2. The second-order valence-electron chi connectivity index (χ2n) is 5.89. The average molecular weight is 351 g/mol. The van der Waals surface area contributed by atoms with Gasteiger partial charge in [0.05, 0.1) is 5.41 Å². The van der Waals surface area contributed by atoms with Gasteiger partial charge in [-0.3, -0.25) is 9.59 Å². The predicted octanol–water partition coefficient (Wildman–Crippen LogP) is 2.17. The lowest BCUT2D eigenvalue weighted by Gasteiger charge is -2.36. The van der Waals surface area contributed by atoms with Crippen LogP contribution >= 0.6 is 15.9 Å². The van der Waals surface area contributed by atoms with Crippen molar-refractivity contribution in [3.63, 3.8) is 0 Å². The lowest BCUT2D eigenvalue weighted by atomic mass is 9.94. The topological polar surface area (TPSA) is 40.6 Å². The summed E-state index contributed by atoms with van der Waals surface area (Å²) >= 11 is 3.43. The fourth-order valence-electron chi connectivity index (χ4n) is 3.05. The summed E-state index contributed by atoms with van der Waals surface area (Å²) in [6, 6.07) is 8.08. The Labute approximate surface area is 133 Å². The Kier molecular flexibility index (Phi) is 3.78. The van der Waals surface area contributed by atoms with Crippen molar-refractivity contribution in [3.05, 3.63) is 34.3 Å². The standard InChI is InChI=1S/C16H19BrN2O2/c1-12(20)18-8-10-19(11-9-18)15(21)16(6-7-16)13-2-4-14(17)5-3-13/h2-5H,6-11H2,1H3. The van der Waals surface area contributed by atoms with E-state index in [0.29, 0.717) is 26.2 Å². The molecule has 4 nitrogen and oxygen atoms in total. The molecule has 5 heteroatoms. The molecular formula is C16H19BrN2O2. The second kappa shape index (κ2) is 5.44. The molecule has 2 amide bonds. The van der Waals surface area contributed by atoms with Crippen LogP contribution in [0, 0.1) is 0 Å². The van der Waals surface area contributed by atoms with Crippen LogP contribution in [-0.2, 0) is 15.0 Å². The van der Waals surface area contributed by atoms with Gasteiger partial charge in [0.2, 0.25) is 11.8 Å². The van der Waals surface area contributed by atoms with Gasteiger partial charge in [0, 0.05) is 37.6 Å². The zero-order chi connectivity index (χ0) is 15.0. The Balaban J connectivity index is 1.71. The predicted molar refractivity (Wildman–Crippen MR) is 83.9 cm³/mol. The molecule has 0 radical (unpaired) electrons. The monoisotopic (exact) mass is 350 g/mol. The van der Waals surface area contributed by atoms with Gasteiger partial charge in [-0.15, -0.1) is 0 Å². The minimum Gasteiger partial charge on any atom is -0.339 e. The minimum atomic E-state index is -0.306. The van der Waals surface area contributed by atoms with Crippen LogP contribution in [0.1, 0.15) is 25.3 Å². The SMILES string of the molecule is CC(=O)N1CCN(C(=O)C2(c3ccc(Br)cc3)CC2)CC1. The molecule has 21 heavy (non-hydrogen) atoms. The van der Waals surface area contributed by atoms with Gasteiger partial charge in [-0.05, 0) is 30.5 Å². The van der Waals surface area contributed by atoms with Gasteiger partial charge in [-0.1, -0.05) is 28.1 Å². The van der Waals surface area contributed by atoms with E-state index in [4.69, 9.17) is 0 Å². The molecule has 112 valence electrons. The molecule has 1 aliphatic heterocycles. The lowest BCUT2D eigenvalue weighted by Crippen LogP contribution is -2.52. The summed E-state index contributed by atoms with van der Waals surface area (Å²) in [7, 11) is 0. The summed E-state index contributed by atoms with van der Waals surface area (Å²) in [5.74, 6) is 0.323. The van der Waals surface area contributed by atoms with Crippen LogP contribution in [0.4, 0.5) is 0 Å². The first-order chi connectivity index (χ1) is 10.0. The molecule has 3 rings (SSSR count). The fraction of sp³-hybridized carbons (Fsp3) is 0.500. The molecule has 1 saturated carbocycles. The molecule has 1 aromatic carbocycles. The van der Waals surface area contributed by atoms with E-state index in [0.717, 1.165) is 22.9 Å². The summed E-state index contributed by atoms with van der Waals surface area (Å²) in [5.41, 5.74) is 0.809. The summed E-state index contributed by atoms with van der Waals surface area (Å²) in [6.07, 6.45) is 1.86. The molecular weight excluding hydrogens is 332 g/mol. The molecule has 0 unspecified atom stereocenters. The largest absolute Gasteiger partial charge is 0.339 e. The number of benzene rings is 1. The Morgan fingerprint density at radius 3 is 2.00 bits per heavy atom. The highest BCUT2D eigenvalue weighted by Gasteiger charge is 2.53. The van der Waals surface area contributed by atoms with Gasteiger partial charge in [0.15, 0.2) is 0 Å². The Morgan fingerprint density at radius 1 is 1.00 bits per heavy atom. The number of hydrogen-bond donors (Lipinski definition) is 0. The van der Waals surface area contributed by atoms with E-state index in [2.05, 4.69) is 15.9 Å². The van der Waals surface area contributed by atoms with Gasteiger partial charge in [0.25, 0.3) is 0 Å². The number of carbonyl (C=O) groups excluding carboxylic acids is 2. The third-order valence-electron chi connectivity index (χ3n) is 4.57. The molecule has 0 atom stereocenters. The molecule has 2 aliphatic rings. The first-order valence-corrected chi connectivity index (χ1v) is 8.13. The third kappa shape index (κ3) is 2.71. The summed E-state index contributed by atoms with van der Waals surface area (Å²) in [6.45, 7) is 4.18. The molecule has 1 saturated heterocycles. The Bertz CT molecular complexity index is 558. The molecule has 0 aromatic heterocycles. The lowest BCUT2D eigenvalue weighted by molar-refractivity contribution is -0.140. The maximum Gasteiger partial charge on any atom is 0.233 e. The maximum atomic E-state index is 12.9. The number of nitrogens with zero attached hydrogens (tertiary/aromatic N) is 2. The first kappa shape index (κ1) is 14.6. The molecule has 0 N–H and O–H groups in total. The van der Waals surface area contributed by atoms with Crippen molar-refractivity contribution in [2.24, 2.45) is 0 Å². The van der Waals surface area contributed by atoms with Crippen molar-refractivity contribution in [2.75, 3.05) is 26.2 Å². The minimum absolute atomic E-state index is 0.0937. The van der Waals surface area contributed by atoms with Gasteiger partial charge in [-0.25, -0.2) is 0 Å². The highest BCUT2D eigenvalue weighted by Crippen LogP contribution is 2.49. The number of amides is 2. The van der Waals surface area contributed by atoms with Crippen LogP contribution in [0.3, 0.4) is 0 Å². The van der Waals surface area contributed by atoms with Crippen molar-refractivity contribution >= 4 is 27.7 Å². The van der Waals surface area contributed by atoms with E-state index in [1.165, 1.54) is 0 Å². The highest BCUT2D eigenvalue weighted by atomic mass is 79.9. The molecule has 0 bridgehead atoms. The zero-order valence-electron chi connectivity index (χ0n) is 12.1. The van der Waals surface area contributed by atoms with Crippen LogP contribution < -0.4 is 0 Å². The normalized spacial score (nSPS) is 20.3. The second-order valence-corrected chi connectivity index (χ2v) is 6.80. The molecule has 1 aliphatic carbocycles. The highest BCUT2D eigenvalue weighted by molar-refractivity contribution is 9.10. The maximum absolute atomic E-state index is 12.9. The van der Waals surface area contributed by atoms with Crippen molar-refractivity contribution in [1.29, 1.82) is 0 Å². The van der Waals surface area contributed by atoms with Gasteiger partial charge < -0.3 is 9.80 Å². The smallest absolute Gasteiger partial charge is 0.233 e. The number of hydrogen-bond acceptors (Lipinski definition) is 2. The quantitative estimate of drug-likeness (QED) is 0.820. The van der Waals surface area contributed by atoms with Crippen LogP contribution in [0.5, 0.6) is 0 Å². The molecule has 2 fully saturated rings.